The molecule has 0 bridgehead atoms. The zero-order chi connectivity index (χ0) is 14.7. The first-order valence-corrected chi connectivity index (χ1v) is 7.39. The monoisotopic (exact) mass is 291 g/mol. The Morgan fingerprint density at radius 2 is 2.19 bits per heavy atom. The predicted octanol–water partition coefficient (Wildman–Crippen LogP) is 1.17. The lowest BCUT2D eigenvalue weighted by molar-refractivity contribution is -0.160. The minimum atomic E-state index is -0.484. The highest BCUT2D eigenvalue weighted by Crippen LogP contribution is 2.28. The standard InChI is InChI=1S/C16H21NO4/c1-19-16(18)15-11-17(7-9-21-15)10-14-13-5-3-2-4-12(13)6-8-20-14/h2-5,14-15H,6-11H2,1H3. The number of morpholine rings is 1. The second-order valence-electron chi connectivity index (χ2n) is 5.45. The smallest absolute Gasteiger partial charge is 0.336 e. The Labute approximate surface area is 124 Å². The molecule has 114 valence electrons. The van der Waals surface area contributed by atoms with E-state index in [9.17, 15) is 4.79 Å². The highest BCUT2D eigenvalue weighted by atomic mass is 16.6. The van der Waals surface area contributed by atoms with E-state index >= 15 is 0 Å². The molecular weight excluding hydrogens is 270 g/mol. The molecule has 2 unspecified atom stereocenters. The number of nitrogens with zero attached hydrogens (tertiary/aromatic N) is 1. The van der Waals surface area contributed by atoms with Gasteiger partial charge in [0.15, 0.2) is 6.10 Å². The van der Waals surface area contributed by atoms with Crippen molar-refractivity contribution in [2.75, 3.05) is 40.0 Å². The first kappa shape index (κ1) is 14.5. The maximum Gasteiger partial charge on any atom is 0.336 e. The van der Waals surface area contributed by atoms with Gasteiger partial charge in [-0.05, 0) is 17.5 Å². The molecular formula is C16H21NO4. The Hall–Kier alpha value is -1.43. The first-order chi connectivity index (χ1) is 10.3. The second kappa shape index (κ2) is 6.56. The van der Waals surface area contributed by atoms with E-state index in [2.05, 4.69) is 29.2 Å². The van der Waals surface area contributed by atoms with Gasteiger partial charge in [0, 0.05) is 19.6 Å². The average Bonchev–Trinajstić information content (AvgIpc) is 2.55. The average molecular weight is 291 g/mol. The summed E-state index contributed by atoms with van der Waals surface area (Å²) in [4.78, 5) is 13.8. The molecule has 0 N–H and O–H groups in total. The normalized spacial score (nSPS) is 26.1. The Morgan fingerprint density at radius 1 is 1.33 bits per heavy atom. The summed E-state index contributed by atoms with van der Waals surface area (Å²) in [5, 5.41) is 0. The molecule has 0 amide bonds. The van der Waals surface area contributed by atoms with Gasteiger partial charge in [-0.1, -0.05) is 24.3 Å². The Balaban J connectivity index is 1.66. The van der Waals surface area contributed by atoms with Crippen LogP contribution in [-0.2, 0) is 25.4 Å². The van der Waals surface area contributed by atoms with Crippen LogP contribution < -0.4 is 0 Å². The lowest BCUT2D eigenvalue weighted by Gasteiger charge is -2.35. The van der Waals surface area contributed by atoms with Crippen molar-refractivity contribution in [1.82, 2.24) is 4.90 Å². The van der Waals surface area contributed by atoms with E-state index in [1.165, 1.54) is 18.2 Å². The van der Waals surface area contributed by atoms with Crippen LogP contribution in [0, 0.1) is 0 Å². The molecule has 2 aliphatic rings. The van der Waals surface area contributed by atoms with Crippen LogP contribution in [0.5, 0.6) is 0 Å². The fourth-order valence-corrected chi connectivity index (χ4v) is 3.00. The van der Waals surface area contributed by atoms with Gasteiger partial charge in [-0.3, -0.25) is 4.90 Å². The van der Waals surface area contributed by atoms with Gasteiger partial charge in [-0.2, -0.15) is 0 Å². The summed E-state index contributed by atoms with van der Waals surface area (Å²) in [6, 6.07) is 8.43. The quantitative estimate of drug-likeness (QED) is 0.783. The highest BCUT2D eigenvalue weighted by molar-refractivity contribution is 5.74. The predicted molar refractivity (Wildman–Crippen MR) is 77.0 cm³/mol. The zero-order valence-corrected chi connectivity index (χ0v) is 12.3. The molecule has 0 saturated carbocycles. The van der Waals surface area contributed by atoms with E-state index in [-0.39, 0.29) is 12.1 Å². The maximum atomic E-state index is 11.6. The molecule has 0 aliphatic carbocycles. The number of esters is 1. The molecule has 2 heterocycles. The molecule has 1 saturated heterocycles. The van der Waals surface area contributed by atoms with Crippen molar-refractivity contribution in [2.24, 2.45) is 0 Å². The minimum Gasteiger partial charge on any atom is -0.467 e. The third kappa shape index (κ3) is 3.26. The van der Waals surface area contributed by atoms with E-state index in [1.54, 1.807) is 0 Å². The summed E-state index contributed by atoms with van der Waals surface area (Å²) in [5.41, 5.74) is 2.64. The molecule has 1 fully saturated rings. The van der Waals surface area contributed by atoms with Crippen molar-refractivity contribution in [3.63, 3.8) is 0 Å². The van der Waals surface area contributed by atoms with Crippen LogP contribution in [0.1, 0.15) is 17.2 Å². The molecule has 5 nitrogen and oxygen atoms in total. The Kier molecular flexibility index (Phi) is 4.53. The van der Waals surface area contributed by atoms with Crippen LogP contribution in [0.4, 0.5) is 0 Å². The zero-order valence-electron chi connectivity index (χ0n) is 12.3. The molecule has 2 atom stereocenters. The molecule has 1 aromatic carbocycles. The number of ether oxygens (including phenoxy) is 3. The van der Waals surface area contributed by atoms with Crippen molar-refractivity contribution in [3.8, 4) is 0 Å². The topological polar surface area (TPSA) is 48.0 Å². The van der Waals surface area contributed by atoms with Gasteiger partial charge in [0.05, 0.1) is 26.4 Å². The number of fused-ring (bicyclic) bond motifs is 1. The van der Waals surface area contributed by atoms with Gasteiger partial charge in [-0.15, -0.1) is 0 Å². The summed E-state index contributed by atoms with van der Waals surface area (Å²) in [5.74, 6) is -0.301. The molecule has 5 heteroatoms. The van der Waals surface area contributed by atoms with E-state index < -0.39 is 6.10 Å². The molecule has 1 aromatic rings. The summed E-state index contributed by atoms with van der Waals surface area (Å²) in [7, 11) is 1.39. The van der Waals surface area contributed by atoms with E-state index in [1.807, 2.05) is 0 Å². The second-order valence-corrected chi connectivity index (χ2v) is 5.45. The number of rotatable bonds is 3. The van der Waals surface area contributed by atoms with Gasteiger partial charge in [0.25, 0.3) is 0 Å². The van der Waals surface area contributed by atoms with E-state index in [0.29, 0.717) is 13.2 Å². The summed E-state index contributed by atoms with van der Waals surface area (Å²) in [6.07, 6.45) is 0.564. The van der Waals surface area contributed by atoms with Crippen LogP contribution in [0.2, 0.25) is 0 Å². The van der Waals surface area contributed by atoms with E-state index in [0.717, 1.165) is 26.1 Å². The van der Waals surface area contributed by atoms with Crippen LogP contribution in [0.15, 0.2) is 24.3 Å². The molecule has 0 spiro atoms. The maximum absolute atomic E-state index is 11.6. The van der Waals surface area contributed by atoms with E-state index in [4.69, 9.17) is 14.2 Å². The third-order valence-electron chi connectivity index (χ3n) is 4.13. The summed E-state index contributed by atoms with van der Waals surface area (Å²) in [6.45, 7) is 3.47. The molecule has 2 aliphatic heterocycles. The molecule has 3 rings (SSSR count). The highest BCUT2D eigenvalue weighted by Gasteiger charge is 2.30. The fraction of sp³-hybridized carbons (Fsp3) is 0.562. The number of carbonyl (C=O) groups is 1. The van der Waals surface area contributed by atoms with Crippen molar-refractivity contribution < 1.29 is 19.0 Å². The number of benzene rings is 1. The first-order valence-electron chi connectivity index (χ1n) is 7.39. The summed E-state index contributed by atoms with van der Waals surface area (Å²) < 4.78 is 16.2. The van der Waals surface area contributed by atoms with Crippen LogP contribution in [0.3, 0.4) is 0 Å². The lowest BCUT2D eigenvalue weighted by Crippen LogP contribution is -2.48. The number of methoxy groups -OCH3 is 1. The molecule has 0 aromatic heterocycles. The molecule has 0 radical (unpaired) electrons. The Bertz CT molecular complexity index is 505. The number of carbonyl (C=O) groups excluding carboxylic acids is 1. The third-order valence-corrected chi connectivity index (χ3v) is 4.13. The summed E-state index contributed by atoms with van der Waals surface area (Å²) >= 11 is 0. The minimum absolute atomic E-state index is 0.0753. The van der Waals surface area contributed by atoms with Gasteiger partial charge >= 0.3 is 5.97 Å². The van der Waals surface area contributed by atoms with Crippen molar-refractivity contribution in [3.05, 3.63) is 35.4 Å². The molecule has 21 heavy (non-hydrogen) atoms. The van der Waals surface area contributed by atoms with Gasteiger partial charge in [0.2, 0.25) is 0 Å². The van der Waals surface area contributed by atoms with Gasteiger partial charge in [0.1, 0.15) is 0 Å². The van der Waals surface area contributed by atoms with Crippen LogP contribution in [0.25, 0.3) is 0 Å². The van der Waals surface area contributed by atoms with Crippen LogP contribution >= 0.6 is 0 Å². The van der Waals surface area contributed by atoms with Crippen LogP contribution in [-0.4, -0.2) is 56.9 Å². The van der Waals surface area contributed by atoms with Crippen molar-refractivity contribution >= 4 is 5.97 Å². The SMILES string of the molecule is COC(=O)C1CN(CC2OCCc3ccccc32)CCO1. The van der Waals surface area contributed by atoms with Crippen molar-refractivity contribution in [1.29, 1.82) is 0 Å². The fourth-order valence-electron chi connectivity index (χ4n) is 3.00. The number of hydrogen-bond donors (Lipinski definition) is 0. The number of hydrogen-bond acceptors (Lipinski definition) is 5. The van der Waals surface area contributed by atoms with Crippen molar-refractivity contribution in [2.45, 2.75) is 18.6 Å². The Morgan fingerprint density at radius 3 is 3.05 bits per heavy atom. The lowest BCUT2D eigenvalue weighted by atomic mass is 9.97. The van der Waals surface area contributed by atoms with Gasteiger partial charge in [-0.25, -0.2) is 4.79 Å². The van der Waals surface area contributed by atoms with Gasteiger partial charge < -0.3 is 14.2 Å². The largest absolute Gasteiger partial charge is 0.467 e.